The third-order valence-electron chi connectivity index (χ3n) is 3.22. The quantitative estimate of drug-likeness (QED) is 0.733. The highest BCUT2D eigenvalue weighted by Crippen LogP contribution is 2.33. The first kappa shape index (κ1) is 16.2. The van der Waals surface area contributed by atoms with E-state index >= 15 is 0 Å². The number of nitrogens with one attached hydrogen (secondary N) is 1. The lowest BCUT2D eigenvalue weighted by Gasteiger charge is -2.14. The minimum Gasteiger partial charge on any atom is -0.493 e. The number of halogens is 2. The van der Waals surface area contributed by atoms with Crippen molar-refractivity contribution in [3.63, 3.8) is 0 Å². The highest BCUT2D eigenvalue weighted by Gasteiger charge is 2.10. The van der Waals surface area contributed by atoms with Crippen molar-refractivity contribution in [2.24, 2.45) is 0 Å². The molecule has 2 rings (SSSR count). The van der Waals surface area contributed by atoms with E-state index in [1.807, 2.05) is 18.2 Å². The topological polar surface area (TPSA) is 30.5 Å². The summed E-state index contributed by atoms with van der Waals surface area (Å²) in [4.78, 5) is 0. The molecular formula is C16H17Br2NO2. The molecule has 0 saturated heterocycles. The third kappa shape index (κ3) is 3.92. The SMILES string of the molecule is COc1cc(Br)c(CNc2cc(Br)ccc2C)cc1OC. The minimum atomic E-state index is 0.693. The van der Waals surface area contributed by atoms with Crippen LogP contribution in [0, 0.1) is 6.92 Å². The predicted molar refractivity (Wildman–Crippen MR) is 93.5 cm³/mol. The molecule has 0 amide bonds. The molecule has 0 saturated carbocycles. The zero-order valence-electron chi connectivity index (χ0n) is 12.2. The maximum Gasteiger partial charge on any atom is 0.161 e. The Hall–Kier alpha value is -1.20. The van der Waals surface area contributed by atoms with E-state index in [1.165, 1.54) is 5.56 Å². The molecule has 0 bridgehead atoms. The molecule has 0 spiro atoms. The van der Waals surface area contributed by atoms with E-state index < -0.39 is 0 Å². The van der Waals surface area contributed by atoms with Gasteiger partial charge in [-0.05, 0) is 42.3 Å². The first-order valence-corrected chi connectivity index (χ1v) is 8.04. The van der Waals surface area contributed by atoms with Gasteiger partial charge in [0.05, 0.1) is 14.2 Å². The molecule has 0 fully saturated rings. The maximum atomic E-state index is 5.35. The molecule has 0 atom stereocenters. The second-order valence-corrected chi connectivity index (χ2v) is 6.38. The number of rotatable bonds is 5. The number of aryl methyl sites for hydroxylation is 1. The summed E-state index contributed by atoms with van der Waals surface area (Å²) in [5.74, 6) is 1.44. The lowest BCUT2D eigenvalue weighted by atomic mass is 10.1. The van der Waals surface area contributed by atoms with Gasteiger partial charge in [-0.15, -0.1) is 0 Å². The molecule has 0 aliphatic carbocycles. The number of benzene rings is 2. The summed E-state index contributed by atoms with van der Waals surface area (Å²) in [6.07, 6.45) is 0. The summed E-state index contributed by atoms with van der Waals surface area (Å²) in [7, 11) is 3.27. The van der Waals surface area contributed by atoms with Gasteiger partial charge in [-0.25, -0.2) is 0 Å². The largest absolute Gasteiger partial charge is 0.493 e. The summed E-state index contributed by atoms with van der Waals surface area (Å²) in [5.41, 5.74) is 3.41. The van der Waals surface area contributed by atoms with Crippen LogP contribution in [0.15, 0.2) is 39.3 Å². The number of hydrogen-bond acceptors (Lipinski definition) is 3. The van der Waals surface area contributed by atoms with Gasteiger partial charge in [0, 0.05) is 21.2 Å². The van der Waals surface area contributed by atoms with E-state index in [-0.39, 0.29) is 0 Å². The van der Waals surface area contributed by atoms with Gasteiger partial charge in [0.25, 0.3) is 0 Å². The summed E-state index contributed by atoms with van der Waals surface area (Å²) in [5, 5.41) is 3.44. The highest BCUT2D eigenvalue weighted by molar-refractivity contribution is 9.10. The zero-order chi connectivity index (χ0) is 15.4. The van der Waals surface area contributed by atoms with Crippen LogP contribution in [0.4, 0.5) is 5.69 Å². The van der Waals surface area contributed by atoms with Crippen LogP contribution in [0.2, 0.25) is 0 Å². The Balaban J connectivity index is 2.21. The molecule has 112 valence electrons. The van der Waals surface area contributed by atoms with E-state index in [4.69, 9.17) is 9.47 Å². The second kappa shape index (κ2) is 7.18. The van der Waals surface area contributed by atoms with Crippen LogP contribution in [0.5, 0.6) is 11.5 Å². The fourth-order valence-corrected chi connectivity index (χ4v) is 2.83. The van der Waals surface area contributed by atoms with E-state index in [0.717, 1.165) is 25.9 Å². The van der Waals surface area contributed by atoms with Crippen molar-refractivity contribution in [1.82, 2.24) is 0 Å². The van der Waals surface area contributed by atoms with E-state index in [2.05, 4.69) is 56.2 Å². The van der Waals surface area contributed by atoms with Crippen LogP contribution in [0.1, 0.15) is 11.1 Å². The van der Waals surface area contributed by atoms with Gasteiger partial charge < -0.3 is 14.8 Å². The molecule has 21 heavy (non-hydrogen) atoms. The van der Waals surface area contributed by atoms with Crippen LogP contribution < -0.4 is 14.8 Å². The number of anilines is 1. The van der Waals surface area contributed by atoms with Crippen molar-refractivity contribution < 1.29 is 9.47 Å². The number of ether oxygens (including phenoxy) is 2. The average Bonchev–Trinajstić information content (AvgIpc) is 2.48. The summed E-state index contributed by atoms with van der Waals surface area (Å²) < 4.78 is 12.7. The Labute approximate surface area is 141 Å². The molecular weight excluding hydrogens is 398 g/mol. The minimum absolute atomic E-state index is 0.693. The summed E-state index contributed by atoms with van der Waals surface area (Å²) >= 11 is 7.07. The molecule has 5 heteroatoms. The van der Waals surface area contributed by atoms with Gasteiger partial charge >= 0.3 is 0 Å². The lowest BCUT2D eigenvalue weighted by Crippen LogP contribution is -2.03. The van der Waals surface area contributed by atoms with E-state index in [0.29, 0.717) is 12.3 Å². The van der Waals surface area contributed by atoms with Crippen molar-refractivity contribution >= 4 is 37.5 Å². The van der Waals surface area contributed by atoms with Gasteiger partial charge in [0.1, 0.15) is 0 Å². The van der Waals surface area contributed by atoms with Crippen LogP contribution >= 0.6 is 31.9 Å². The standard InChI is InChI=1S/C16H17Br2NO2/c1-10-4-5-12(17)7-14(10)19-9-11-6-15(20-2)16(21-3)8-13(11)18/h4-8,19H,9H2,1-3H3. The smallest absolute Gasteiger partial charge is 0.161 e. The summed E-state index contributed by atoms with van der Waals surface area (Å²) in [6.45, 7) is 2.77. The van der Waals surface area contributed by atoms with Gasteiger partial charge in [-0.1, -0.05) is 37.9 Å². The highest BCUT2D eigenvalue weighted by atomic mass is 79.9. The summed E-state index contributed by atoms with van der Waals surface area (Å²) in [6, 6.07) is 10.1. The number of hydrogen-bond donors (Lipinski definition) is 1. The molecule has 2 aromatic rings. The molecule has 1 N–H and O–H groups in total. The fraction of sp³-hybridized carbons (Fsp3) is 0.250. The molecule has 0 radical (unpaired) electrons. The Morgan fingerprint density at radius 3 is 2.33 bits per heavy atom. The normalized spacial score (nSPS) is 10.3. The Morgan fingerprint density at radius 2 is 1.67 bits per heavy atom. The third-order valence-corrected chi connectivity index (χ3v) is 4.45. The molecule has 3 nitrogen and oxygen atoms in total. The molecule has 0 aliphatic heterocycles. The van der Waals surface area contributed by atoms with Gasteiger partial charge in [0.15, 0.2) is 11.5 Å². The molecule has 0 heterocycles. The molecule has 0 unspecified atom stereocenters. The van der Waals surface area contributed by atoms with Crippen molar-refractivity contribution in [1.29, 1.82) is 0 Å². The Bertz CT molecular complexity index is 644. The molecule has 2 aromatic carbocycles. The average molecular weight is 415 g/mol. The van der Waals surface area contributed by atoms with Crippen molar-refractivity contribution in [3.05, 3.63) is 50.4 Å². The number of methoxy groups -OCH3 is 2. The maximum absolute atomic E-state index is 5.35. The predicted octanol–water partition coefficient (Wildman–Crippen LogP) is 5.15. The monoisotopic (exact) mass is 413 g/mol. The van der Waals surface area contributed by atoms with Crippen LogP contribution in [0.3, 0.4) is 0 Å². The van der Waals surface area contributed by atoms with Crippen LogP contribution in [-0.4, -0.2) is 14.2 Å². The zero-order valence-corrected chi connectivity index (χ0v) is 15.3. The van der Waals surface area contributed by atoms with Gasteiger partial charge in [0.2, 0.25) is 0 Å². The molecule has 0 aliphatic rings. The van der Waals surface area contributed by atoms with Crippen molar-refractivity contribution in [2.45, 2.75) is 13.5 Å². The van der Waals surface area contributed by atoms with E-state index in [1.54, 1.807) is 14.2 Å². The Kier molecular flexibility index (Phi) is 5.53. The van der Waals surface area contributed by atoms with Gasteiger partial charge in [-0.3, -0.25) is 0 Å². The van der Waals surface area contributed by atoms with Crippen molar-refractivity contribution in [2.75, 3.05) is 19.5 Å². The van der Waals surface area contributed by atoms with Crippen LogP contribution in [-0.2, 0) is 6.54 Å². The van der Waals surface area contributed by atoms with Crippen LogP contribution in [0.25, 0.3) is 0 Å². The fourth-order valence-electron chi connectivity index (χ4n) is 2.01. The first-order valence-electron chi connectivity index (χ1n) is 6.45. The van der Waals surface area contributed by atoms with Crippen molar-refractivity contribution in [3.8, 4) is 11.5 Å². The van der Waals surface area contributed by atoms with Gasteiger partial charge in [-0.2, -0.15) is 0 Å². The first-order chi connectivity index (χ1) is 10.0. The molecule has 0 aromatic heterocycles. The lowest BCUT2D eigenvalue weighted by molar-refractivity contribution is 0.354. The second-order valence-electron chi connectivity index (χ2n) is 4.61. The van der Waals surface area contributed by atoms with E-state index in [9.17, 15) is 0 Å². The Morgan fingerprint density at radius 1 is 1.00 bits per heavy atom.